The first-order valence-electron chi connectivity index (χ1n) is 9.79. The second-order valence-corrected chi connectivity index (χ2v) is 8.84. The number of hydrogen-bond donors (Lipinski definition) is 0. The zero-order chi connectivity index (χ0) is 21.9. The van der Waals surface area contributed by atoms with Crippen molar-refractivity contribution >= 4 is 17.2 Å². The standard InChI is InChI=1S/C20H18F3N5O2S/c1-11-5-16(20(21,22)23)28(25-11)19-24-14(10-31-19)18(30)26-7-12-6-13(9-26)15-3-2-4-17(29)27(15)8-12/h2-5,10,12-13H,6-9H2,1H3/t12-,13-/m0/s1. The lowest BCUT2D eigenvalue weighted by atomic mass is 9.83. The fourth-order valence-corrected chi connectivity index (χ4v) is 5.29. The van der Waals surface area contributed by atoms with Crippen LogP contribution in [0.2, 0.25) is 0 Å². The highest BCUT2D eigenvalue weighted by atomic mass is 32.1. The molecule has 0 aromatic carbocycles. The zero-order valence-corrected chi connectivity index (χ0v) is 17.3. The summed E-state index contributed by atoms with van der Waals surface area (Å²) in [7, 11) is 0. The van der Waals surface area contributed by atoms with Gasteiger partial charge in [-0.15, -0.1) is 11.3 Å². The molecule has 1 amide bonds. The van der Waals surface area contributed by atoms with Gasteiger partial charge in [0.25, 0.3) is 11.5 Å². The molecule has 0 spiro atoms. The molecule has 7 nitrogen and oxygen atoms in total. The number of hydrogen-bond acceptors (Lipinski definition) is 5. The van der Waals surface area contributed by atoms with Crippen molar-refractivity contribution in [2.24, 2.45) is 5.92 Å². The Bertz CT molecular complexity index is 1230. The largest absolute Gasteiger partial charge is 0.433 e. The SMILES string of the molecule is Cc1cc(C(F)(F)F)n(-c2nc(C(=O)N3C[C@@H]4C[C@@H](C3)c3cccc(=O)n3C4)cs2)n1. The average molecular weight is 449 g/mol. The second-order valence-electron chi connectivity index (χ2n) is 8.00. The summed E-state index contributed by atoms with van der Waals surface area (Å²) in [4.78, 5) is 31.1. The molecule has 162 valence electrons. The van der Waals surface area contributed by atoms with Gasteiger partial charge in [-0.2, -0.15) is 18.3 Å². The fraction of sp³-hybridized carbons (Fsp3) is 0.400. The molecule has 31 heavy (non-hydrogen) atoms. The molecule has 0 aliphatic carbocycles. The summed E-state index contributed by atoms with van der Waals surface area (Å²) in [5.74, 6) is -0.116. The number of likely N-dealkylation sites (tertiary alicyclic amines) is 1. The second kappa shape index (κ2) is 7.04. The van der Waals surface area contributed by atoms with Gasteiger partial charge in [-0.1, -0.05) is 6.07 Å². The van der Waals surface area contributed by atoms with Crippen LogP contribution in [0, 0.1) is 12.8 Å². The molecule has 0 saturated carbocycles. The first-order valence-corrected chi connectivity index (χ1v) is 10.7. The summed E-state index contributed by atoms with van der Waals surface area (Å²) in [6.45, 7) is 2.96. The van der Waals surface area contributed by atoms with Crippen molar-refractivity contribution < 1.29 is 18.0 Å². The van der Waals surface area contributed by atoms with Gasteiger partial charge in [0, 0.05) is 42.7 Å². The molecule has 5 heterocycles. The summed E-state index contributed by atoms with van der Waals surface area (Å²) in [5.41, 5.74) is 0.279. The molecule has 2 bridgehead atoms. The number of carbonyl (C=O) groups is 1. The molecule has 3 aromatic heterocycles. The Morgan fingerprint density at radius 2 is 2.03 bits per heavy atom. The maximum absolute atomic E-state index is 13.3. The molecule has 2 aliphatic heterocycles. The summed E-state index contributed by atoms with van der Waals surface area (Å²) in [6.07, 6.45) is -3.68. The molecule has 1 fully saturated rings. The van der Waals surface area contributed by atoms with Crippen LogP contribution in [-0.2, 0) is 12.7 Å². The molecule has 1 saturated heterocycles. The molecule has 2 aliphatic rings. The van der Waals surface area contributed by atoms with Crippen LogP contribution in [0.5, 0.6) is 0 Å². The van der Waals surface area contributed by atoms with E-state index in [0.29, 0.717) is 19.6 Å². The number of halogens is 3. The van der Waals surface area contributed by atoms with Crippen LogP contribution >= 0.6 is 11.3 Å². The van der Waals surface area contributed by atoms with Crippen molar-refractivity contribution in [3.63, 3.8) is 0 Å². The molecule has 0 N–H and O–H groups in total. The van der Waals surface area contributed by atoms with E-state index >= 15 is 0 Å². The van der Waals surface area contributed by atoms with Gasteiger partial charge in [0.15, 0.2) is 5.69 Å². The summed E-state index contributed by atoms with van der Waals surface area (Å²) in [5, 5.41) is 5.37. The van der Waals surface area contributed by atoms with E-state index < -0.39 is 11.9 Å². The third kappa shape index (κ3) is 3.46. The first-order chi connectivity index (χ1) is 14.7. The number of aryl methyl sites for hydroxylation is 1. The van der Waals surface area contributed by atoms with Gasteiger partial charge in [-0.3, -0.25) is 9.59 Å². The van der Waals surface area contributed by atoms with Crippen molar-refractivity contribution in [2.45, 2.75) is 32.0 Å². The lowest BCUT2D eigenvalue weighted by Gasteiger charge is -2.42. The lowest BCUT2D eigenvalue weighted by Crippen LogP contribution is -2.49. The van der Waals surface area contributed by atoms with Gasteiger partial charge in [0.1, 0.15) is 5.69 Å². The quantitative estimate of drug-likeness (QED) is 0.603. The van der Waals surface area contributed by atoms with Gasteiger partial charge < -0.3 is 9.47 Å². The summed E-state index contributed by atoms with van der Waals surface area (Å²) >= 11 is 0.947. The van der Waals surface area contributed by atoms with Crippen molar-refractivity contribution in [1.82, 2.24) is 24.2 Å². The van der Waals surface area contributed by atoms with Crippen molar-refractivity contribution in [3.05, 3.63) is 62.8 Å². The van der Waals surface area contributed by atoms with E-state index in [4.69, 9.17) is 0 Å². The molecule has 11 heteroatoms. The number of amides is 1. The van der Waals surface area contributed by atoms with Gasteiger partial charge >= 0.3 is 6.18 Å². The Morgan fingerprint density at radius 3 is 2.81 bits per heavy atom. The number of fused-ring (bicyclic) bond motifs is 4. The Kier molecular flexibility index (Phi) is 4.54. The van der Waals surface area contributed by atoms with Crippen LogP contribution in [0.25, 0.3) is 5.13 Å². The number of aromatic nitrogens is 4. The smallest absolute Gasteiger partial charge is 0.336 e. The summed E-state index contributed by atoms with van der Waals surface area (Å²) in [6, 6.07) is 6.13. The fourth-order valence-electron chi connectivity index (χ4n) is 4.53. The Labute approximate surface area is 178 Å². The minimum atomic E-state index is -4.58. The number of rotatable bonds is 2. The predicted molar refractivity (Wildman–Crippen MR) is 106 cm³/mol. The van der Waals surface area contributed by atoms with Gasteiger partial charge in [0.05, 0.1) is 5.69 Å². The molecular weight excluding hydrogens is 431 g/mol. The normalized spacial score (nSPS) is 20.6. The van der Waals surface area contributed by atoms with Crippen molar-refractivity contribution in [3.8, 4) is 5.13 Å². The van der Waals surface area contributed by atoms with Crippen LogP contribution in [-0.4, -0.2) is 43.2 Å². The first kappa shape index (κ1) is 20.0. The van der Waals surface area contributed by atoms with Crippen molar-refractivity contribution in [2.75, 3.05) is 13.1 Å². The third-order valence-electron chi connectivity index (χ3n) is 5.78. The van der Waals surface area contributed by atoms with Crippen LogP contribution in [0.1, 0.15) is 39.9 Å². The zero-order valence-electron chi connectivity index (χ0n) is 16.5. The molecule has 0 radical (unpaired) electrons. The third-order valence-corrected chi connectivity index (χ3v) is 6.60. The number of thiazole rings is 1. The van der Waals surface area contributed by atoms with Crippen LogP contribution in [0.3, 0.4) is 0 Å². The predicted octanol–water partition coefficient (Wildman–Crippen LogP) is 3.08. The van der Waals surface area contributed by atoms with E-state index in [1.807, 2.05) is 6.07 Å². The topological polar surface area (TPSA) is 73.0 Å². The minimum absolute atomic E-state index is 0.00197. The highest BCUT2D eigenvalue weighted by molar-refractivity contribution is 7.12. The van der Waals surface area contributed by atoms with Crippen molar-refractivity contribution in [1.29, 1.82) is 0 Å². The number of carbonyl (C=O) groups excluding carboxylic acids is 1. The summed E-state index contributed by atoms with van der Waals surface area (Å²) < 4.78 is 42.4. The van der Waals surface area contributed by atoms with Crippen LogP contribution < -0.4 is 5.56 Å². The Morgan fingerprint density at radius 1 is 1.23 bits per heavy atom. The average Bonchev–Trinajstić information content (AvgIpc) is 3.34. The number of alkyl halides is 3. The van der Waals surface area contributed by atoms with E-state index in [1.54, 1.807) is 15.5 Å². The molecule has 5 rings (SSSR count). The van der Waals surface area contributed by atoms with E-state index in [0.717, 1.165) is 34.2 Å². The van der Waals surface area contributed by atoms with E-state index in [9.17, 15) is 22.8 Å². The highest BCUT2D eigenvalue weighted by Crippen LogP contribution is 2.36. The number of pyridine rings is 1. The molecule has 2 atom stereocenters. The van der Waals surface area contributed by atoms with Crippen LogP contribution in [0.15, 0.2) is 34.4 Å². The number of piperidine rings is 1. The minimum Gasteiger partial charge on any atom is -0.336 e. The van der Waals surface area contributed by atoms with E-state index in [1.165, 1.54) is 18.4 Å². The molecular formula is C20H18F3N5O2S. The maximum Gasteiger partial charge on any atom is 0.433 e. The van der Waals surface area contributed by atoms with Gasteiger partial charge in [-0.25, -0.2) is 9.67 Å². The lowest BCUT2D eigenvalue weighted by molar-refractivity contribution is -0.142. The van der Waals surface area contributed by atoms with E-state index in [2.05, 4.69) is 10.1 Å². The molecule has 0 unspecified atom stereocenters. The monoisotopic (exact) mass is 449 g/mol. The Balaban J connectivity index is 1.41. The Hall–Kier alpha value is -2.95. The van der Waals surface area contributed by atoms with Crippen LogP contribution in [0.4, 0.5) is 13.2 Å². The highest BCUT2D eigenvalue weighted by Gasteiger charge is 2.38. The molecule has 3 aromatic rings. The van der Waals surface area contributed by atoms with E-state index in [-0.39, 0.29) is 39.8 Å². The maximum atomic E-state index is 13.3. The van der Waals surface area contributed by atoms with Gasteiger partial charge in [-0.05, 0) is 31.4 Å². The number of nitrogens with zero attached hydrogens (tertiary/aromatic N) is 5. The van der Waals surface area contributed by atoms with Gasteiger partial charge in [0.2, 0.25) is 5.13 Å².